The maximum absolute atomic E-state index is 9.75. The predicted molar refractivity (Wildman–Crippen MR) is 93.3 cm³/mol. The molecule has 25 heavy (non-hydrogen) atoms. The van der Waals surface area contributed by atoms with Gasteiger partial charge in [0.1, 0.15) is 0 Å². The molecule has 0 unspecified atom stereocenters. The zero-order chi connectivity index (χ0) is 19.0. The van der Waals surface area contributed by atoms with E-state index in [0.717, 1.165) is 0 Å². The fourth-order valence-electron chi connectivity index (χ4n) is 2.52. The van der Waals surface area contributed by atoms with Crippen LogP contribution in [0.5, 0.6) is 0 Å². The third-order valence-electron chi connectivity index (χ3n) is 3.52. The SMILES string of the molecule is CCCCc1ccc([I+]c2c(C)cc(C)cc2C)cc1.F[B-](F)(F)F. The van der Waals surface area contributed by atoms with Gasteiger partial charge in [-0.15, -0.1) is 0 Å². The number of hydrogen-bond donors (Lipinski definition) is 0. The standard InChI is InChI=1S/C19H24I.BF4/c1-5-6-7-17-8-10-18(11-9-17)20-19-15(3)12-14(2)13-16(19)4;2-1(3,4)5/h8-13H,5-7H2,1-4H3;/q+1;-1. The van der Waals surface area contributed by atoms with Crippen molar-refractivity contribution in [3.05, 3.63) is 65.8 Å². The molecule has 0 spiro atoms. The molecule has 0 aromatic heterocycles. The van der Waals surface area contributed by atoms with Gasteiger partial charge in [-0.25, -0.2) is 0 Å². The Labute approximate surface area is 158 Å². The molecule has 0 N–H and O–H groups in total. The minimum atomic E-state index is -6.00. The monoisotopic (exact) mass is 466 g/mol. The van der Waals surface area contributed by atoms with Gasteiger partial charge < -0.3 is 17.3 Å². The Bertz CT molecular complexity index is 637. The van der Waals surface area contributed by atoms with Crippen LogP contribution in [0.3, 0.4) is 0 Å². The largest absolute Gasteiger partial charge is 0.673 e. The van der Waals surface area contributed by atoms with Crippen molar-refractivity contribution in [3.63, 3.8) is 0 Å². The number of unbranched alkanes of at least 4 members (excludes halogenated alkanes) is 1. The van der Waals surface area contributed by atoms with Crippen LogP contribution in [-0.4, -0.2) is 7.25 Å². The molecule has 0 amide bonds. The Morgan fingerprint density at radius 3 is 1.80 bits per heavy atom. The molecule has 0 aliphatic heterocycles. The van der Waals surface area contributed by atoms with E-state index < -0.39 is 7.25 Å². The summed E-state index contributed by atoms with van der Waals surface area (Å²) < 4.78 is 42.1. The molecule has 0 saturated heterocycles. The molecular weight excluding hydrogens is 442 g/mol. The summed E-state index contributed by atoms with van der Waals surface area (Å²) in [4.78, 5) is 0. The molecule has 2 aromatic rings. The second kappa shape index (κ2) is 10.2. The van der Waals surface area contributed by atoms with Crippen LogP contribution in [0.2, 0.25) is 0 Å². The maximum atomic E-state index is 9.75. The highest BCUT2D eigenvalue weighted by Gasteiger charge is 2.21. The van der Waals surface area contributed by atoms with E-state index in [1.54, 1.807) is 3.57 Å². The van der Waals surface area contributed by atoms with Crippen molar-refractivity contribution in [2.75, 3.05) is 0 Å². The average molecular weight is 466 g/mol. The van der Waals surface area contributed by atoms with E-state index in [1.807, 2.05) is 0 Å². The summed E-state index contributed by atoms with van der Waals surface area (Å²) in [7, 11) is -6.00. The van der Waals surface area contributed by atoms with Crippen LogP contribution in [0.25, 0.3) is 0 Å². The molecule has 0 aliphatic rings. The lowest BCUT2D eigenvalue weighted by Gasteiger charge is -2.01. The van der Waals surface area contributed by atoms with Gasteiger partial charge in [0.05, 0.1) is 0 Å². The molecule has 138 valence electrons. The van der Waals surface area contributed by atoms with Gasteiger partial charge in [0.25, 0.3) is 0 Å². The fraction of sp³-hybridized carbons (Fsp3) is 0.368. The first kappa shape index (κ1) is 22.0. The number of halogens is 5. The Hall–Kier alpha value is -1.05. The zero-order valence-corrected chi connectivity index (χ0v) is 17.2. The molecule has 0 bridgehead atoms. The highest BCUT2D eigenvalue weighted by atomic mass is 127. The molecule has 0 atom stereocenters. The number of rotatable bonds is 5. The van der Waals surface area contributed by atoms with Crippen LogP contribution in [0.4, 0.5) is 17.3 Å². The Morgan fingerprint density at radius 2 is 1.36 bits per heavy atom. The molecule has 0 heterocycles. The van der Waals surface area contributed by atoms with Gasteiger partial charge in [-0.3, -0.25) is 0 Å². The van der Waals surface area contributed by atoms with Gasteiger partial charge in [0, 0.05) is 11.1 Å². The zero-order valence-electron chi connectivity index (χ0n) is 15.1. The second-order valence-electron chi connectivity index (χ2n) is 6.03. The summed E-state index contributed by atoms with van der Waals surface area (Å²) in [6, 6.07) is 14.0. The molecular formula is C19H24BF4I. The number of benzene rings is 2. The van der Waals surface area contributed by atoms with Crippen LogP contribution in [-0.2, 0) is 6.42 Å². The lowest BCUT2D eigenvalue weighted by Crippen LogP contribution is -3.62. The van der Waals surface area contributed by atoms with E-state index in [2.05, 4.69) is 64.1 Å². The highest BCUT2D eigenvalue weighted by molar-refractivity contribution is 6.50. The van der Waals surface area contributed by atoms with Crippen molar-refractivity contribution in [1.82, 2.24) is 0 Å². The first-order valence-electron chi connectivity index (χ1n) is 8.29. The van der Waals surface area contributed by atoms with E-state index in [9.17, 15) is 17.3 Å². The van der Waals surface area contributed by atoms with E-state index in [0.29, 0.717) is 0 Å². The maximum Gasteiger partial charge on any atom is 0.673 e. The van der Waals surface area contributed by atoms with Crippen molar-refractivity contribution in [2.45, 2.75) is 47.0 Å². The van der Waals surface area contributed by atoms with Crippen molar-refractivity contribution in [3.8, 4) is 0 Å². The van der Waals surface area contributed by atoms with Gasteiger partial charge >= 0.3 is 28.5 Å². The smallest absolute Gasteiger partial charge is 0.418 e. The summed E-state index contributed by atoms with van der Waals surface area (Å²) in [5.74, 6) is 0. The Morgan fingerprint density at radius 1 is 0.880 bits per heavy atom. The third-order valence-corrected chi connectivity index (χ3v) is 7.10. The lowest BCUT2D eigenvalue weighted by molar-refractivity contribution is -0.598. The summed E-state index contributed by atoms with van der Waals surface area (Å²) in [5.41, 5.74) is 5.79. The first-order chi connectivity index (χ1) is 11.6. The Balaban J connectivity index is 0.000000550. The van der Waals surface area contributed by atoms with Gasteiger partial charge in [0.2, 0.25) is 0 Å². The van der Waals surface area contributed by atoms with E-state index in [1.165, 1.54) is 45.1 Å². The fourth-order valence-corrected chi connectivity index (χ4v) is 5.02. The average Bonchev–Trinajstić information content (AvgIpc) is 2.48. The second-order valence-corrected chi connectivity index (χ2v) is 8.90. The highest BCUT2D eigenvalue weighted by Crippen LogP contribution is 2.08. The molecule has 0 aliphatic carbocycles. The molecule has 2 aromatic carbocycles. The quantitative estimate of drug-likeness (QED) is 0.361. The minimum Gasteiger partial charge on any atom is -0.418 e. The number of hydrogen-bond acceptors (Lipinski definition) is 0. The molecule has 0 nitrogen and oxygen atoms in total. The molecule has 6 heteroatoms. The van der Waals surface area contributed by atoms with E-state index >= 15 is 0 Å². The molecule has 2 rings (SSSR count). The molecule has 0 radical (unpaired) electrons. The summed E-state index contributed by atoms with van der Waals surface area (Å²) in [6.07, 6.45) is 3.79. The van der Waals surface area contributed by atoms with E-state index in [-0.39, 0.29) is 21.2 Å². The van der Waals surface area contributed by atoms with Crippen LogP contribution in [0, 0.1) is 27.9 Å². The topological polar surface area (TPSA) is 0 Å². The first-order valence-corrected chi connectivity index (χ1v) is 10.4. The van der Waals surface area contributed by atoms with Crippen molar-refractivity contribution >= 4 is 7.25 Å². The van der Waals surface area contributed by atoms with Crippen LogP contribution in [0.1, 0.15) is 42.0 Å². The summed E-state index contributed by atoms with van der Waals surface area (Å²) >= 11 is -0.0539. The lowest BCUT2D eigenvalue weighted by atomic mass is 10.1. The number of aryl methyl sites for hydroxylation is 4. The Kier molecular flexibility index (Phi) is 8.96. The van der Waals surface area contributed by atoms with Gasteiger partial charge in [0.15, 0.2) is 7.14 Å². The summed E-state index contributed by atoms with van der Waals surface area (Å²) in [5, 5.41) is 0. The third kappa shape index (κ3) is 9.28. The van der Waals surface area contributed by atoms with Crippen molar-refractivity contribution < 1.29 is 38.5 Å². The van der Waals surface area contributed by atoms with Crippen LogP contribution in [0.15, 0.2) is 36.4 Å². The van der Waals surface area contributed by atoms with Crippen LogP contribution >= 0.6 is 0 Å². The van der Waals surface area contributed by atoms with Crippen LogP contribution < -0.4 is 21.2 Å². The molecule has 0 saturated carbocycles. The van der Waals surface area contributed by atoms with Crippen molar-refractivity contribution in [1.29, 1.82) is 0 Å². The van der Waals surface area contributed by atoms with E-state index in [4.69, 9.17) is 0 Å². The molecule has 0 fully saturated rings. The predicted octanol–water partition coefficient (Wildman–Crippen LogP) is 3.38. The minimum absolute atomic E-state index is 0.0539. The normalized spacial score (nSPS) is 11.0. The summed E-state index contributed by atoms with van der Waals surface area (Å²) in [6.45, 7) is 8.95. The van der Waals surface area contributed by atoms with Gasteiger partial charge in [-0.2, -0.15) is 0 Å². The van der Waals surface area contributed by atoms with Crippen molar-refractivity contribution in [2.24, 2.45) is 0 Å². The van der Waals surface area contributed by atoms with Gasteiger partial charge in [-0.05, 0) is 51.3 Å². The van der Waals surface area contributed by atoms with Gasteiger partial charge in [-0.1, -0.05) is 43.2 Å².